The first-order chi connectivity index (χ1) is 5.61. The number of hydrogen-bond acceptors (Lipinski definition) is 3. The Morgan fingerprint density at radius 1 is 1.75 bits per heavy atom. The van der Waals surface area contributed by atoms with Crippen LogP contribution < -0.4 is 0 Å². The lowest BCUT2D eigenvalue weighted by Gasteiger charge is -2.32. The van der Waals surface area contributed by atoms with Crippen LogP contribution in [0.3, 0.4) is 0 Å². The van der Waals surface area contributed by atoms with Gasteiger partial charge >= 0.3 is 0 Å². The lowest BCUT2D eigenvalue weighted by molar-refractivity contribution is -0.137. The summed E-state index contributed by atoms with van der Waals surface area (Å²) in [7, 11) is 0. The van der Waals surface area contributed by atoms with E-state index in [1.807, 2.05) is 11.8 Å². The minimum Gasteiger partial charge on any atom is -0.375 e. The quantitative estimate of drug-likeness (QED) is 0.610. The van der Waals surface area contributed by atoms with Gasteiger partial charge in [0.25, 0.3) is 0 Å². The molecule has 1 fully saturated rings. The highest BCUT2D eigenvalue weighted by Crippen LogP contribution is 2.08. The molecule has 70 valence electrons. The smallest absolute Gasteiger partial charge is 0.235 e. The van der Waals surface area contributed by atoms with Crippen molar-refractivity contribution in [3.05, 3.63) is 0 Å². The van der Waals surface area contributed by atoms with Crippen LogP contribution in [0, 0.1) is 0 Å². The van der Waals surface area contributed by atoms with Crippen molar-refractivity contribution in [3.8, 4) is 0 Å². The Hall–Kier alpha value is -0.220. The molecule has 2 unspecified atom stereocenters. The molecule has 1 saturated heterocycles. The van der Waals surface area contributed by atoms with Crippen molar-refractivity contribution in [3.63, 3.8) is 0 Å². The van der Waals surface area contributed by atoms with E-state index in [0.717, 1.165) is 0 Å². The molecule has 1 heterocycles. The summed E-state index contributed by atoms with van der Waals surface area (Å²) in [5, 5.41) is -0.199. The fourth-order valence-electron chi connectivity index (χ4n) is 1.28. The van der Waals surface area contributed by atoms with Gasteiger partial charge in [0.1, 0.15) is 0 Å². The van der Waals surface area contributed by atoms with Crippen LogP contribution in [0.15, 0.2) is 0 Å². The molecule has 1 aliphatic rings. The van der Waals surface area contributed by atoms with Crippen molar-refractivity contribution in [2.75, 3.05) is 19.7 Å². The van der Waals surface area contributed by atoms with E-state index < -0.39 is 0 Å². The summed E-state index contributed by atoms with van der Waals surface area (Å²) in [6.07, 6.45) is 0.162. The van der Waals surface area contributed by atoms with Crippen molar-refractivity contribution in [1.82, 2.24) is 4.90 Å². The van der Waals surface area contributed by atoms with Crippen LogP contribution in [0.5, 0.6) is 0 Å². The van der Waals surface area contributed by atoms with E-state index in [1.54, 1.807) is 6.92 Å². The second kappa shape index (κ2) is 4.14. The predicted molar refractivity (Wildman–Crippen MR) is 50.4 cm³/mol. The summed E-state index contributed by atoms with van der Waals surface area (Å²) < 4.78 is 5.32. The van der Waals surface area contributed by atoms with Gasteiger partial charge in [0.05, 0.1) is 18.0 Å². The molecule has 0 N–H and O–H groups in total. The maximum Gasteiger partial charge on any atom is 0.235 e. The first kappa shape index (κ1) is 9.86. The number of hydrogen-bond donors (Lipinski definition) is 1. The van der Waals surface area contributed by atoms with Crippen LogP contribution in [-0.4, -0.2) is 41.9 Å². The Balaban J connectivity index is 2.46. The van der Waals surface area contributed by atoms with E-state index in [2.05, 4.69) is 12.6 Å². The SMILES string of the molecule is CC1CN(C(=O)C(C)S)CCO1. The molecule has 1 rings (SSSR count). The van der Waals surface area contributed by atoms with Gasteiger partial charge in [-0.3, -0.25) is 4.79 Å². The Morgan fingerprint density at radius 3 is 2.92 bits per heavy atom. The maximum absolute atomic E-state index is 11.4. The van der Waals surface area contributed by atoms with Crippen LogP contribution >= 0.6 is 12.6 Å². The number of morpholine rings is 1. The molecule has 1 aliphatic heterocycles. The van der Waals surface area contributed by atoms with Crippen LogP contribution in [0.4, 0.5) is 0 Å². The first-order valence-corrected chi connectivity index (χ1v) is 4.71. The van der Waals surface area contributed by atoms with Gasteiger partial charge in [-0.2, -0.15) is 12.6 Å². The standard InChI is InChI=1S/C8H15NO2S/c1-6-5-9(3-4-11-6)8(10)7(2)12/h6-7,12H,3-5H2,1-2H3. The molecular formula is C8H15NO2S. The normalized spacial score (nSPS) is 26.9. The molecule has 0 aromatic heterocycles. The van der Waals surface area contributed by atoms with Crippen molar-refractivity contribution >= 4 is 18.5 Å². The molecule has 0 radical (unpaired) electrons. The van der Waals surface area contributed by atoms with Gasteiger partial charge in [-0.15, -0.1) is 0 Å². The highest BCUT2D eigenvalue weighted by Gasteiger charge is 2.23. The van der Waals surface area contributed by atoms with Crippen molar-refractivity contribution < 1.29 is 9.53 Å². The molecule has 0 saturated carbocycles. The zero-order valence-corrected chi connectivity index (χ0v) is 8.38. The third-order valence-electron chi connectivity index (χ3n) is 1.91. The molecular weight excluding hydrogens is 174 g/mol. The molecule has 3 nitrogen and oxygen atoms in total. The van der Waals surface area contributed by atoms with Crippen LogP contribution in [0.1, 0.15) is 13.8 Å². The van der Waals surface area contributed by atoms with Crippen LogP contribution in [0.25, 0.3) is 0 Å². The van der Waals surface area contributed by atoms with Gasteiger partial charge in [-0.25, -0.2) is 0 Å². The third kappa shape index (κ3) is 2.38. The molecule has 0 aromatic rings. The molecule has 2 atom stereocenters. The zero-order chi connectivity index (χ0) is 9.14. The highest BCUT2D eigenvalue weighted by atomic mass is 32.1. The lowest BCUT2D eigenvalue weighted by atomic mass is 10.3. The lowest BCUT2D eigenvalue weighted by Crippen LogP contribution is -2.46. The van der Waals surface area contributed by atoms with Gasteiger partial charge in [0.15, 0.2) is 0 Å². The summed E-state index contributed by atoms with van der Waals surface area (Å²) in [4.78, 5) is 13.2. The van der Waals surface area contributed by atoms with Crippen molar-refractivity contribution in [1.29, 1.82) is 0 Å². The van der Waals surface area contributed by atoms with Crippen molar-refractivity contribution in [2.24, 2.45) is 0 Å². The average molecular weight is 189 g/mol. The monoisotopic (exact) mass is 189 g/mol. The fourth-order valence-corrected chi connectivity index (χ4v) is 1.45. The van der Waals surface area contributed by atoms with E-state index >= 15 is 0 Å². The van der Waals surface area contributed by atoms with E-state index in [0.29, 0.717) is 19.7 Å². The number of rotatable bonds is 1. The molecule has 0 aliphatic carbocycles. The summed E-state index contributed by atoms with van der Waals surface area (Å²) in [6.45, 7) is 5.82. The third-order valence-corrected chi connectivity index (χ3v) is 2.13. The molecule has 4 heteroatoms. The maximum atomic E-state index is 11.4. The minimum atomic E-state index is -0.199. The number of nitrogens with zero attached hydrogens (tertiary/aromatic N) is 1. The largest absolute Gasteiger partial charge is 0.375 e. The van der Waals surface area contributed by atoms with Crippen LogP contribution in [-0.2, 0) is 9.53 Å². The van der Waals surface area contributed by atoms with E-state index in [-0.39, 0.29) is 17.3 Å². The summed E-state index contributed by atoms with van der Waals surface area (Å²) >= 11 is 4.10. The molecule has 12 heavy (non-hydrogen) atoms. The van der Waals surface area contributed by atoms with Gasteiger partial charge in [-0.1, -0.05) is 0 Å². The fraction of sp³-hybridized carbons (Fsp3) is 0.875. The number of amides is 1. The number of thiol groups is 1. The zero-order valence-electron chi connectivity index (χ0n) is 7.49. The minimum absolute atomic E-state index is 0.105. The van der Waals surface area contributed by atoms with Crippen LogP contribution in [0.2, 0.25) is 0 Å². The Kier molecular flexibility index (Phi) is 3.40. The predicted octanol–water partition coefficient (Wildman–Crippen LogP) is 0.552. The van der Waals surface area contributed by atoms with E-state index in [1.165, 1.54) is 0 Å². The highest BCUT2D eigenvalue weighted by molar-refractivity contribution is 7.81. The summed E-state index contributed by atoms with van der Waals surface area (Å²) in [5.41, 5.74) is 0. The summed E-state index contributed by atoms with van der Waals surface area (Å²) in [6, 6.07) is 0. The van der Waals surface area contributed by atoms with E-state index in [9.17, 15) is 4.79 Å². The van der Waals surface area contributed by atoms with Crippen molar-refractivity contribution in [2.45, 2.75) is 25.2 Å². The summed E-state index contributed by atoms with van der Waals surface area (Å²) in [5.74, 6) is 0.105. The molecule has 0 bridgehead atoms. The van der Waals surface area contributed by atoms with Gasteiger partial charge in [-0.05, 0) is 13.8 Å². The van der Waals surface area contributed by atoms with Gasteiger partial charge < -0.3 is 9.64 Å². The Labute approximate surface area is 78.5 Å². The Morgan fingerprint density at radius 2 is 2.42 bits per heavy atom. The first-order valence-electron chi connectivity index (χ1n) is 4.19. The van der Waals surface area contributed by atoms with Gasteiger partial charge in [0.2, 0.25) is 5.91 Å². The Bertz CT molecular complexity index is 172. The number of carbonyl (C=O) groups is 1. The van der Waals surface area contributed by atoms with E-state index in [4.69, 9.17) is 4.74 Å². The second-order valence-electron chi connectivity index (χ2n) is 3.14. The molecule has 1 amide bonds. The second-order valence-corrected chi connectivity index (χ2v) is 3.92. The average Bonchev–Trinajstić information content (AvgIpc) is 2.03. The topological polar surface area (TPSA) is 29.5 Å². The van der Waals surface area contributed by atoms with Gasteiger partial charge in [0, 0.05) is 13.1 Å². The molecule has 0 spiro atoms. The molecule has 0 aromatic carbocycles. The number of ether oxygens (including phenoxy) is 1. The number of carbonyl (C=O) groups excluding carboxylic acids is 1.